The Kier molecular flexibility index (Phi) is 18.6. The van der Waals surface area contributed by atoms with E-state index in [1.807, 2.05) is 215 Å². The van der Waals surface area contributed by atoms with Crippen molar-refractivity contribution in [3.8, 4) is 89.5 Å². The smallest absolute Gasteiger partial charge is 0.216 e. The van der Waals surface area contributed by atoms with Gasteiger partial charge in [-0.2, -0.15) is 18.3 Å². The molecule has 12 heteroatoms. The molecular formula is C129H122N8O4+4. The van der Waals surface area contributed by atoms with Gasteiger partial charge in [0.15, 0.2) is 45.5 Å². The average molecular weight is 1870 g/mol. The Morgan fingerprint density at radius 3 is 0.908 bits per heavy atom. The molecule has 12 aromatic carbocycles. The van der Waals surface area contributed by atoms with Crippen LogP contribution < -0.4 is 18.3 Å². The molecule has 22 rings (SSSR count). The number of hydrogen-bond acceptors (Lipinski definition) is 4. The number of aromatic nitrogens is 4. The summed E-state index contributed by atoms with van der Waals surface area (Å²) >= 11 is 0. The Bertz CT molecular complexity index is 10000. The molecule has 12 nitrogen and oxygen atoms in total. The second-order valence-corrected chi connectivity index (χ2v) is 38.1. The molecule has 0 spiro atoms. The number of pyridine rings is 4. The van der Waals surface area contributed by atoms with Gasteiger partial charge in [0, 0.05) is 149 Å². The van der Waals surface area contributed by atoms with Gasteiger partial charge in [0.05, 0.1) is 73.2 Å². The van der Waals surface area contributed by atoms with Crippen LogP contribution in [0.25, 0.3) is 197 Å². The van der Waals surface area contributed by atoms with Crippen molar-refractivity contribution >= 4 is 111 Å². The monoisotopic (exact) mass is 1870 g/mol. The van der Waals surface area contributed by atoms with Crippen LogP contribution in [0.1, 0.15) is 214 Å². The second-order valence-electron chi connectivity index (χ2n) is 38.1. The molecule has 141 heavy (non-hydrogen) atoms. The van der Waals surface area contributed by atoms with Crippen LogP contribution in [-0.2, 0) is 34.6 Å². The number of hydrogen-bond donors (Lipinski definition) is 0. The van der Waals surface area contributed by atoms with Gasteiger partial charge >= 0.3 is 0 Å². The minimum absolute atomic E-state index is 0.0825. The van der Waals surface area contributed by atoms with Crippen molar-refractivity contribution in [3.05, 3.63) is 377 Å². The molecule has 0 radical (unpaired) electrons. The third-order valence-corrected chi connectivity index (χ3v) is 28.2. The van der Waals surface area contributed by atoms with Crippen molar-refractivity contribution in [2.45, 2.75) is 187 Å². The zero-order valence-electron chi connectivity index (χ0n) is 108. The van der Waals surface area contributed by atoms with Crippen molar-refractivity contribution in [2.24, 2.45) is 33.6 Å². The average Bonchev–Trinajstić information content (AvgIpc) is 1.55. The number of nitrogens with zero attached hydrogens (tertiary/aromatic N) is 8. The molecule has 0 bridgehead atoms. The summed E-state index contributed by atoms with van der Waals surface area (Å²) in [5.41, 5.74) is 23.9. The van der Waals surface area contributed by atoms with Crippen molar-refractivity contribution in [1.82, 2.24) is 0 Å². The van der Waals surface area contributed by atoms with Gasteiger partial charge in [-0.3, -0.25) is 0 Å². The summed E-state index contributed by atoms with van der Waals surface area (Å²) in [6, 6.07) is 35.0. The number of aryl methyl sites for hydroxylation is 6. The van der Waals surface area contributed by atoms with E-state index < -0.39 is 121 Å². The van der Waals surface area contributed by atoms with Crippen LogP contribution in [-0.4, -0.2) is 0 Å². The lowest BCUT2D eigenvalue weighted by Gasteiger charge is -2.24. The molecular weight excluding hydrogens is 1730 g/mol. The van der Waals surface area contributed by atoms with Crippen LogP contribution in [0.3, 0.4) is 0 Å². The molecule has 2 saturated carbocycles. The van der Waals surface area contributed by atoms with Gasteiger partial charge in [0.2, 0.25) is 22.8 Å². The Morgan fingerprint density at radius 2 is 0.589 bits per heavy atom. The third-order valence-electron chi connectivity index (χ3n) is 28.2. The SMILES string of the molecule is [2H]C([2H])([2H])c1ccc(-c2c(C)ccc3c2oc2c(-c4ccc(C)cc4)c([N+]#[C-])ccc23)[n+](C)c1C.[2H]c1c([2H])c([2H])c(-c2c([N+]#[C-])ccc3c2oc2c(-c4c([2H])c(C)c(C([2H])([2H])C(C)(C)C)c(C)[n+]4C)c(C)ccc23)c([2H])c1[2H].[2H]c1c([2H])c([2H])c(-c2c([N+]#[C-])ccc3c2oc2c(-c4c([2H])c(C)c(C5([2H])CCCC5)c(C)[n+]4C)c(C)ccc23)c([2H])c1[2H].[2H]c1c([2H])c([2H])c(-c2c([N+]#[C-])ccc3c2oc2c(-c4c([2H])c(C)c(C5([2H])CCCCC5)c(C)[n+]4C)c(C)ccc23)c([2H])c1[2H]. The second kappa shape index (κ2) is 38.3. The normalized spacial score (nSPS) is 16.1. The fourth-order valence-electron chi connectivity index (χ4n) is 20.8. The summed E-state index contributed by atoms with van der Waals surface area (Å²) in [5, 5.41) is 5.92. The molecule has 8 heterocycles. The van der Waals surface area contributed by atoms with E-state index in [2.05, 4.69) is 31.5 Å². The minimum Gasteiger partial charge on any atom is -0.456 e. The number of furan rings is 4. The van der Waals surface area contributed by atoms with Crippen molar-refractivity contribution in [2.75, 3.05) is 0 Å². The van der Waals surface area contributed by atoms with Gasteiger partial charge in [-0.25, -0.2) is 19.4 Å². The van der Waals surface area contributed by atoms with E-state index in [4.69, 9.17) is 71.4 Å². The zero-order chi connectivity index (χ0) is 121. The Hall–Kier alpha value is -15.6. The standard InChI is InChI=1S/C34H33N2O.C33H31N2O.C33H33N2O.C29H25N2O/c1-21-16-17-26-27-18-19-28(35-4)32(25-14-10-7-11-15-25)34(27)37-33(26)31(21)29-20-22(2)30(23(3)36(29)5)24-12-8-6-9-13-24;1-20-15-16-25-26-17-18-27(34-4)31(24-11-7-6-8-12-24)33(26)36-32(25)30(20)28-19-21(2)29(22(3)35(28)5)23-13-9-10-14-23;1-20-14-15-24-25-16-17-27(34-7)30(23-12-10-9-11-13-23)32(25)36-31(24)29(20)28-18-21(2)26(19-33(4,5)6)22(3)35(28)8;1-17-7-11-21(12-8-17)27-24(30-5)15-14-23-22-13-9-19(3)26(28(22)32-29(23)27)25-16-10-18(2)20(4)31(25)6/h7,10-11,14-20,24H,6,8-9,12-13H2,1-3,5H3;6-8,11-12,15-19,23H,9-10,13-14H2,1-3,5H3;9-18H,19H2,1-6,8H3;7-16H,1-4,6H3/q4*+1/i7D,10D,11D,14D,15D,20D,24D;6D,7D,8D,11D,12D,19D,23D;9D,10D,11D,12D,13D,18D,19D2;2D3. The predicted molar refractivity (Wildman–Crippen MR) is 580 cm³/mol. The van der Waals surface area contributed by atoms with E-state index in [-0.39, 0.29) is 73.2 Å². The van der Waals surface area contributed by atoms with E-state index in [0.29, 0.717) is 123 Å². The highest BCUT2D eigenvalue weighted by Gasteiger charge is 2.36. The van der Waals surface area contributed by atoms with Crippen LogP contribution in [0.5, 0.6) is 0 Å². The van der Waals surface area contributed by atoms with E-state index in [9.17, 15) is 6.85 Å². The molecule has 0 saturated heterocycles. The Balaban J connectivity index is 0.000000136. The van der Waals surface area contributed by atoms with E-state index >= 15 is 0 Å². The maximum absolute atomic E-state index is 9.39. The number of rotatable bonds is 11. The molecule has 0 N–H and O–H groups in total. The lowest BCUT2D eigenvalue weighted by molar-refractivity contribution is -0.667. The Morgan fingerprint density at radius 1 is 0.312 bits per heavy atom. The van der Waals surface area contributed by atoms with Crippen LogP contribution in [0.4, 0.5) is 22.7 Å². The van der Waals surface area contributed by atoms with E-state index in [0.717, 1.165) is 169 Å². The first-order valence-corrected chi connectivity index (χ1v) is 47.4. The predicted octanol–water partition coefficient (Wildman–Crippen LogP) is 34.5. The van der Waals surface area contributed by atoms with Gasteiger partial charge in [-0.05, 0) is 179 Å². The first-order chi connectivity index (χ1) is 78.2. The quantitative estimate of drug-likeness (QED) is 0.0954. The number of fused-ring (bicyclic) bond motifs is 12. The van der Waals surface area contributed by atoms with Crippen LogP contribution in [0.2, 0.25) is 0 Å². The summed E-state index contributed by atoms with van der Waals surface area (Å²) in [5.74, 6) is -1.44. The Labute approximate surface area is 863 Å². The maximum Gasteiger partial charge on any atom is 0.216 e. The van der Waals surface area contributed by atoms with Crippen molar-refractivity contribution < 1.29 is 70.2 Å². The first-order valence-electron chi connectivity index (χ1n) is 59.9. The minimum atomic E-state index is -2.18. The highest BCUT2D eigenvalue weighted by molar-refractivity contribution is 6.19. The van der Waals surface area contributed by atoms with Crippen molar-refractivity contribution in [3.63, 3.8) is 0 Å². The first kappa shape index (κ1) is 68.4. The molecule has 0 aliphatic heterocycles. The van der Waals surface area contributed by atoms with E-state index in [1.165, 1.54) is 0 Å². The summed E-state index contributed by atoms with van der Waals surface area (Å²) in [6.07, 6.45) is 6.51. The molecule has 2 fully saturated rings. The van der Waals surface area contributed by atoms with Gasteiger partial charge in [-0.1, -0.05) is 270 Å². The zero-order valence-corrected chi connectivity index (χ0v) is 82.8. The highest BCUT2D eigenvalue weighted by Crippen LogP contribution is 2.52. The fraction of sp³-hybridized carbons (Fsp3) is 0.256. The summed E-state index contributed by atoms with van der Waals surface area (Å²) < 4.78 is 248. The maximum atomic E-state index is 9.39. The summed E-state index contributed by atoms with van der Waals surface area (Å²) in [4.78, 5) is 14.7. The fourth-order valence-corrected chi connectivity index (χ4v) is 20.8. The van der Waals surface area contributed by atoms with Gasteiger partial charge in [0.1, 0.15) is 72.9 Å². The molecule has 0 atom stereocenters. The number of benzene rings is 12. The molecule has 2 aliphatic carbocycles. The van der Waals surface area contributed by atoms with Gasteiger partial charge in [0.25, 0.3) is 0 Å². The van der Waals surface area contributed by atoms with Crippen LogP contribution in [0.15, 0.2) is 260 Å². The molecule has 20 aromatic rings. The van der Waals surface area contributed by atoms with E-state index in [1.54, 1.807) is 56.4 Å². The summed E-state index contributed by atoms with van der Waals surface area (Å²) in [7, 11) is 7.53. The molecule has 8 aromatic heterocycles. The highest BCUT2D eigenvalue weighted by atomic mass is 16.3. The lowest BCUT2D eigenvalue weighted by Crippen LogP contribution is -2.37. The van der Waals surface area contributed by atoms with Gasteiger partial charge in [-0.15, -0.1) is 0 Å². The third kappa shape index (κ3) is 17.0. The molecule has 0 amide bonds. The summed E-state index contributed by atoms with van der Waals surface area (Å²) in [6.45, 7) is 57.8. The molecule has 698 valence electrons. The lowest BCUT2D eigenvalue weighted by atomic mass is 9.81. The van der Waals surface area contributed by atoms with Gasteiger partial charge < -0.3 is 17.7 Å². The topological polar surface area (TPSA) is 85.5 Å². The van der Waals surface area contributed by atoms with Crippen molar-refractivity contribution in [1.29, 1.82) is 0 Å². The van der Waals surface area contributed by atoms with Crippen LogP contribution in [0, 0.1) is 122 Å². The van der Waals surface area contributed by atoms with Crippen LogP contribution >= 0.6 is 0 Å². The molecule has 2 aliphatic rings. The molecule has 0 unspecified atom stereocenters. The largest absolute Gasteiger partial charge is 0.456 e.